The van der Waals surface area contributed by atoms with Gasteiger partial charge in [0.1, 0.15) is 0 Å². The van der Waals surface area contributed by atoms with Crippen molar-refractivity contribution < 1.29 is 9.90 Å². The summed E-state index contributed by atoms with van der Waals surface area (Å²) in [4.78, 5) is 20.4. The zero-order valence-electron chi connectivity index (χ0n) is 12.9. The fourth-order valence-electron chi connectivity index (χ4n) is 2.95. The summed E-state index contributed by atoms with van der Waals surface area (Å²) in [5.41, 5.74) is 0.781. The van der Waals surface area contributed by atoms with Crippen molar-refractivity contribution in [2.24, 2.45) is 0 Å². The molecule has 1 aliphatic carbocycles. The topological polar surface area (TPSA) is 80.0 Å². The maximum Gasteiger partial charge on any atom is 0.244 e. The second-order valence-electron chi connectivity index (χ2n) is 5.74. The number of amides is 1. The third-order valence-electron chi connectivity index (χ3n) is 4.10. The number of aromatic nitrogens is 3. The van der Waals surface area contributed by atoms with Gasteiger partial charge in [-0.3, -0.25) is 4.79 Å². The number of nitrogens with one attached hydrogen (secondary N) is 1. The number of aryl methyl sites for hydroxylation is 1. The maximum absolute atomic E-state index is 12.1. The molecule has 122 valence electrons. The molecule has 1 fully saturated rings. The van der Waals surface area contributed by atoms with Gasteiger partial charge in [-0.25, -0.2) is 9.97 Å². The molecule has 0 spiro atoms. The Bertz CT molecular complexity index is 680. The first-order valence-corrected chi connectivity index (χ1v) is 8.57. The zero-order chi connectivity index (χ0) is 16.2. The third-order valence-corrected chi connectivity index (χ3v) is 4.89. The summed E-state index contributed by atoms with van der Waals surface area (Å²) in [6.07, 6.45) is 10.4. The second kappa shape index (κ2) is 7.06. The number of aliphatic hydroxyl groups is 1. The highest BCUT2D eigenvalue weighted by atomic mass is 32.1. The van der Waals surface area contributed by atoms with Crippen LogP contribution in [0, 0.1) is 6.92 Å². The highest BCUT2D eigenvalue weighted by Gasteiger charge is 2.33. The average molecular weight is 332 g/mol. The summed E-state index contributed by atoms with van der Waals surface area (Å²) in [6.45, 7) is 1.93. The first kappa shape index (κ1) is 15.9. The lowest BCUT2D eigenvalue weighted by atomic mass is 9.88. The van der Waals surface area contributed by atoms with E-state index >= 15 is 0 Å². The molecule has 0 aromatic carbocycles. The molecule has 6 nitrogen and oxygen atoms in total. The summed E-state index contributed by atoms with van der Waals surface area (Å²) >= 11 is 1.55. The number of rotatable bonds is 4. The van der Waals surface area contributed by atoms with Gasteiger partial charge in [0.15, 0.2) is 0 Å². The predicted octanol–water partition coefficient (Wildman–Crippen LogP) is 1.93. The van der Waals surface area contributed by atoms with E-state index < -0.39 is 6.10 Å². The number of aliphatic hydroxyl groups excluding tert-OH is 1. The van der Waals surface area contributed by atoms with E-state index in [1.54, 1.807) is 29.9 Å². The highest BCUT2D eigenvalue weighted by Crippen LogP contribution is 2.28. The summed E-state index contributed by atoms with van der Waals surface area (Å²) in [7, 11) is 0. The molecule has 0 radical (unpaired) electrons. The van der Waals surface area contributed by atoms with Gasteiger partial charge in [-0.1, -0.05) is 0 Å². The predicted molar refractivity (Wildman–Crippen MR) is 88.9 cm³/mol. The molecule has 7 heteroatoms. The number of thiazole rings is 1. The Balaban J connectivity index is 1.60. The van der Waals surface area contributed by atoms with Crippen LogP contribution >= 0.6 is 11.3 Å². The van der Waals surface area contributed by atoms with Crippen molar-refractivity contribution in [2.75, 3.05) is 0 Å². The lowest BCUT2D eigenvalue weighted by Crippen LogP contribution is -2.48. The van der Waals surface area contributed by atoms with Crippen LogP contribution in [0.25, 0.3) is 6.08 Å². The Labute approximate surface area is 138 Å². The Morgan fingerprint density at radius 1 is 1.52 bits per heavy atom. The van der Waals surface area contributed by atoms with E-state index in [1.807, 2.05) is 23.1 Å². The molecule has 2 heterocycles. The van der Waals surface area contributed by atoms with Gasteiger partial charge in [0, 0.05) is 23.8 Å². The number of carbonyl (C=O) groups is 1. The van der Waals surface area contributed by atoms with Crippen molar-refractivity contribution >= 4 is 23.3 Å². The maximum atomic E-state index is 12.1. The van der Waals surface area contributed by atoms with E-state index in [2.05, 4.69) is 15.3 Å². The second-order valence-corrected chi connectivity index (χ2v) is 6.80. The molecular formula is C16H20N4O2S. The quantitative estimate of drug-likeness (QED) is 0.839. The SMILES string of the molecule is Cc1nc(/C=C/C(=O)N[C@@H]2CCC[C@@H](n3ccnc3)[C@@H]2O)cs1. The molecule has 1 saturated carbocycles. The van der Waals surface area contributed by atoms with E-state index in [-0.39, 0.29) is 18.0 Å². The van der Waals surface area contributed by atoms with Crippen LogP contribution in [0.5, 0.6) is 0 Å². The smallest absolute Gasteiger partial charge is 0.244 e. The minimum Gasteiger partial charge on any atom is -0.389 e. The zero-order valence-corrected chi connectivity index (χ0v) is 13.7. The number of hydrogen-bond donors (Lipinski definition) is 2. The molecule has 0 bridgehead atoms. The van der Waals surface area contributed by atoms with Crippen molar-refractivity contribution in [3.05, 3.63) is 40.9 Å². The van der Waals surface area contributed by atoms with Crippen LogP contribution in [0.15, 0.2) is 30.2 Å². The van der Waals surface area contributed by atoms with Gasteiger partial charge in [-0.15, -0.1) is 11.3 Å². The van der Waals surface area contributed by atoms with Crippen LogP contribution in [0.3, 0.4) is 0 Å². The Kier molecular flexibility index (Phi) is 4.88. The van der Waals surface area contributed by atoms with Crippen molar-refractivity contribution in [3.8, 4) is 0 Å². The van der Waals surface area contributed by atoms with Crippen LogP contribution in [-0.2, 0) is 4.79 Å². The largest absolute Gasteiger partial charge is 0.389 e. The van der Waals surface area contributed by atoms with Gasteiger partial charge in [0.2, 0.25) is 5.91 Å². The van der Waals surface area contributed by atoms with Gasteiger partial charge in [0.05, 0.1) is 35.2 Å². The first-order chi connectivity index (χ1) is 11.1. The Morgan fingerprint density at radius 3 is 3.09 bits per heavy atom. The molecule has 0 unspecified atom stereocenters. The summed E-state index contributed by atoms with van der Waals surface area (Å²) in [5.74, 6) is -0.203. The van der Waals surface area contributed by atoms with Gasteiger partial charge in [-0.2, -0.15) is 0 Å². The van der Waals surface area contributed by atoms with Crippen molar-refractivity contribution in [2.45, 2.75) is 44.4 Å². The number of nitrogens with zero attached hydrogens (tertiary/aromatic N) is 3. The molecule has 23 heavy (non-hydrogen) atoms. The number of hydrogen-bond acceptors (Lipinski definition) is 5. The fraction of sp³-hybridized carbons (Fsp3) is 0.438. The molecule has 1 amide bonds. The first-order valence-electron chi connectivity index (χ1n) is 7.69. The standard InChI is InChI=1S/C16H20N4O2S/c1-11-18-12(9-23-11)5-6-15(21)19-13-3-2-4-14(16(13)22)20-8-7-17-10-20/h5-10,13-14,16,22H,2-4H2,1H3,(H,19,21)/b6-5+/t13-,14-,16-/m1/s1. The molecule has 1 aliphatic rings. The van der Waals surface area contributed by atoms with Crippen molar-refractivity contribution in [1.29, 1.82) is 0 Å². The van der Waals surface area contributed by atoms with Crippen LogP contribution in [0.2, 0.25) is 0 Å². The minimum absolute atomic E-state index is 0.0401. The summed E-state index contributed by atoms with van der Waals surface area (Å²) < 4.78 is 1.91. The number of imidazole rings is 1. The average Bonchev–Trinajstić information content (AvgIpc) is 3.19. The molecule has 2 aromatic rings. The van der Waals surface area contributed by atoms with Crippen LogP contribution < -0.4 is 5.32 Å². The number of carbonyl (C=O) groups excluding carboxylic acids is 1. The van der Waals surface area contributed by atoms with E-state index in [0.29, 0.717) is 0 Å². The van der Waals surface area contributed by atoms with Gasteiger partial charge in [0.25, 0.3) is 0 Å². The monoisotopic (exact) mass is 332 g/mol. The van der Waals surface area contributed by atoms with E-state index in [4.69, 9.17) is 0 Å². The molecule has 0 saturated heterocycles. The van der Waals surface area contributed by atoms with Crippen LogP contribution in [0.4, 0.5) is 0 Å². The lowest BCUT2D eigenvalue weighted by Gasteiger charge is -2.35. The normalized spacial score (nSPS) is 24.9. The lowest BCUT2D eigenvalue weighted by molar-refractivity contribution is -0.118. The highest BCUT2D eigenvalue weighted by molar-refractivity contribution is 7.09. The van der Waals surface area contributed by atoms with Crippen molar-refractivity contribution in [1.82, 2.24) is 19.9 Å². The summed E-state index contributed by atoms with van der Waals surface area (Å²) in [6, 6.07) is -0.285. The summed E-state index contributed by atoms with van der Waals surface area (Å²) in [5, 5.41) is 16.3. The molecule has 2 N–H and O–H groups in total. The third kappa shape index (κ3) is 3.86. The van der Waals surface area contributed by atoms with Crippen LogP contribution in [-0.4, -0.2) is 37.7 Å². The molecule has 0 aliphatic heterocycles. The van der Waals surface area contributed by atoms with Gasteiger partial charge >= 0.3 is 0 Å². The Hall–Kier alpha value is -1.99. The van der Waals surface area contributed by atoms with Gasteiger partial charge in [-0.05, 0) is 32.3 Å². The minimum atomic E-state index is -0.614. The fourth-order valence-corrected chi connectivity index (χ4v) is 3.53. The molecule has 3 atom stereocenters. The molecule has 2 aromatic heterocycles. The van der Waals surface area contributed by atoms with E-state index in [9.17, 15) is 9.90 Å². The van der Waals surface area contributed by atoms with Gasteiger partial charge < -0.3 is 15.0 Å². The van der Waals surface area contributed by atoms with E-state index in [1.165, 1.54) is 6.08 Å². The Morgan fingerprint density at radius 2 is 2.39 bits per heavy atom. The van der Waals surface area contributed by atoms with Crippen LogP contribution in [0.1, 0.15) is 36.0 Å². The molecular weight excluding hydrogens is 312 g/mol. The van der Waals surface area contributed by atoms with Crippen molar-refractivity contribution in [3.63, 3.8) is 0 Å². The molecule has 3 rings (SSSR count). The van der Waals surface area contributed by atoms with E-state index in [0.717, 1.165) is 30.0 Å².